The van der Waals surface area contributed by atoms with Crippen LogP contribution >= 0.6 is 0 Å². The molecule has 0 aromatic heterocycles. The number of nitrogens with one attached hydrogen (secondary N) is 1. The number of hydrogen-bond acceptors (Lipinski definition) is 1. The first kappa shape index (κ1) is 23.1. The van der Waals surface area contributed by atoms with Crippen molar-refractivity contribution in [2.24, 2.45) is 0 Å². The van der Waals surface area contributed by atoms with Gasteiger partial charge in [0.05, 0.1) is 0 Å². The Hall–Kier alpha value is -4.62. The molecule has 1 unspecified atom stereocenters. The van der Waals surface area contributed by atoms with Crippen LogP contribution in [0, 0.1) is 0 Å². The summed E-state index contributed by atoms with van der Waals surface area (Å²) in [5.74, 6) is 0.438. The summed E-state index contributed by atoms with van der Waals surface area (Å²) >= 11 is 0. The van der Waals surface area contributed by atoms with Crippen LogP contribution in [0.15, 0.2) is 109 Å². The summed E-state index contributed by atoms with van der Waals surface area (Å²) in [6, 6.07) is 41.1. The maximum absolute atomic E-state index is 3.64. The van der Waals surface area contributed by atoms with E-state index in [-0.39, 0.29) is 0 Å². The van der Waals surface area contributed by atoms with Gasteiger partial charge in [-0.2, -0.15) is 0 Å². The van der Waals surface area contributed by atoms with Crippen molar-refractivity contribution in [1.29, 1.82) is 0 Å². The van der Waals surface area contributed by atoms with Crippen molar-refractivity contribution in [3.63, 3.8) is 0 Å². The lowest BCUT2D eigenvalue weighted by molar-refractivity contribution is 0.628. The van der Waals surface area contributed by atoms with E-state index in [0.29, 0.717) is 5.92 Å². The highest BCUT2D eigenvalue weighted by Gasteiger charge is 2.41. The number of hydrogen-bond donors (Lipinski definition) is 1. The van der Waals surface area contributed by atoms with E-state index in [0.717, 1.165) is 6.54 Å². The predicted molar refractivity (Wildman–Crippen MR) is 174 cm³/mol. The van der Waals surface area contributed by atoms with E-state index in [1.807, 2.05) is 0 Å². The molecular formula is C40H31N. The van der Waals surface area contributed by atoms with E-state index in [4.69, 9.17) is 0 Å². The second kappa shape index (κ2) is 8.69. The third-order valence-corrected chi connectivity index (χ3v) is 9.71. The van der Waals surface area contributed by atoms with Gasteiger partial charge in [0.25, 0.3) is 0 Å². The van der Waals surface area contributed by atoms with Gasteiger partial charge in [-0.3, -0.25) is 0 Å². The fourth-order valence-electron chi connectivity index (χ4n) is 8.29. The summed E-state index contributed by atoms with van der Waals surface area (Å²) in [4.78, 5) is 0. The number of anilines is 1. The topological polar surface area (TPSA) is 12.0 Å². The number of aryl methyl sites for hydroxylation is 1. The molecule has 0 heterocycles. The zero-order chi connectivity index (χ0) is 27.1. The van der Waals surface area contributed by atoms with Gasteiger partial charge in [0.1, 0.15) is 0 Å². The first-order chi connectivity index (χ1) is 20.3. The average molecular weight is 526 g/mol. The standard InChI is InChI=1S/C40H31N/c1-2-41-32-23-22-31-36-27(32)18-11-21-30(36)39-34(25-12-5-3-6-13-25)37-28-19-9-16-24-17-10-20-29(33(24)28)38(37)35(40(31)39)26-14-7-4-8-15-26/h3-8,10-15,17-18,20-23,28,41H,2,9,16,19H2,1H3. The molecule has 41 heavy (non-hydrogen) atoms. The van der Waals surface area contributed by atoms with E-state index in [1.165, 1.54) is 91.4 Å². The molecule has 3 aliphatic carbocycles. The molecule has 9 rings (SSSR count). The lowest BCUT2D eigenvalue weighted by atomic mass is 9.76. The van der Waals surface area contributed by atoms with Crippen LogP contribution in [0.4, 0.5) is 5.69 Å². The molecule has 1 nitrogen and oxygen atoms in total. The van der Waals surface area contributed by atoms with Gasteiger partial charge >= 0.3 is 0 Å². The highest BCUT2D eigenvalue weighted by Crippen LogP contribution is 2.64. The maximum atomic E-state index is 3.64. The second-order valence-corrected chi connectivity index (χ2v) is 11.8. The molecule has 0 bridgehead atoms. The van der Waals surface area contributed by atoms with Crippen LogP contribution < -0.4 is 5.32 Å². The molecule has 0 saturated carbocycles. The monoisotopic (exact) mass is 525 g/mol. The SMILES string of the molecule is CCNc1ccc2c3c(cccc13)-c1c-2c(-c2ccccc2)c2c(c1-c1ccccc1)C1CCCc3cccc-2c31. The highest BCUT2D eigenvalue weighted by atomic mass is 14.9. The summed E-state index contributed by atoms with van der Waals surface area (Å²) in [6.45, 7) is 3.09. The Bertz CT molecular complexity index is 2020. The van der Waals surface area contributed by atoms with E-state index >= 15 is 0 Å². The van der Waals surface area contributed by atoms with E-state index in [1.54, 1.807) is 16.7 Å². The molecule has 0 radical (unpaired) electrons. The normalized spacial score (nSPS) is 15.5. The Balaban J connectivity index is 1.53. The Kier molecular flexibility index (Phi) is 4.90. The predicted octanol–water partition coefficient (Wildman–Crippen LogP) is 10.7. The molecular weight excluding hydrogens is 494 g/mol. The quantitative estimate of drug-likeness (QED) is 0.241. The largest absolute Gasteiger partial charge is 0.385 e. The summed E-state index contributed by atoms with van der Waals surface area (Å²) < 4.78 is 0. The van der Waals surface area contributed by atoms with Gasteiger partial charge in [-0.05, 0) is 110 Å². The van der Waals surface area contributed by atoms with Crippen molar-refractivity contribution in [1.82, 2.24) is 0 Å². The van der Waals surface area contributed by atoms with Gasteiger partial charge in [0, 0.05) is 23.5 Å². The van der Waals surface area contributed by atoms with Crippen molar-refractivity contribution < 1.29 is 0 Å². The molecule has 0 aliphatic heterocycles. The van der Waals surface area contributed by atoms with Crippen molar-refractivity contribution in [3.05, 3.63) is 126 Å². The van der Waals surface area contributed by atoms with Crippen LogP contribution in [0.25, 0.3) is 66.4 Å². The second-order valence-electron chi connectivity index (χ2n) is 11.8. The molecule has 1 heteroatoms. The van der Waals surface area contributed by atoms with Gasteiger partial charge in [0.15, 0.2) is 0 Å². The molecule has 1 atom stereocenters. The first-order valence-electron chi connectivity index (χ1n) is 15.1. The Labute approximate surface area is 241 Å². The van der Waals surface area contributed by atoms with Crippen molar-refractivity contribution in [3.8, 4) is 55.6 Å². The summed E-state index contributed by atoms with van der Waals surface area (Å²) in [6.07, 6.45) is 3.64. The molecule has 196 valence electrons. The van der Waals surface area contributed by atoms with Gasteiger partial charge in [-0.1, -0.05) is 103 Å². The fourth-order valence-corrected chi connectivity index (χ4v) is 8.29. The highest BCUT2D eigenvalue weighted by molar-refractivity contribution is 6.25. The minimum atomic E-state index is 0.438. The fraction of sp³-hybridized carbons (Fsp3) is 0.150. The van der Waals surface area contributed by atoms with E-state index in [9.17, 15) is 0 Å². The Morgan fingerprint density at radius 2 is 1.27 bits per heavy atom. The minimum Gasteiger partial charge on any atom is -0.385 e. The molecule has 0 fully saturated rings. The smallest absolute Gasteiger partial charge is 0.0420 e. The minimum absolute atomic E-state index is 0.438. The van der Waals surface area contributed by atoms with Crippen LogP contribution in [0.5, 0.6) is 0 Å². The molecule has 6 aromatic carbocycles. The number of fused-ring (bicyclic) bond motifs is 6. The van der Waals surface area contributed by atoms with Crippen molar-refractivity contribution in [2.45, 2.75) is 32.1 Å². The van der Waals surface area contributed by atoms with Crippen LogP contribution in [0.3, 0.4) is 0 Å². The molecule has 6 aromatic rings. The lowest BCUT2D eigenvalue weighted by Gasteiger charge is -2.26. The molecule has 3 aliphatic rings. The average Bonchev–Trinajstić information content (AvgIpc) is 3.54. The number of rotatable bonds is 4. The lowest BCUT2D eigenvalue weighted by Crippen LogP contribution is -2.09. The van der Waals surface area contributed by atoms with E-state index < -0.39 is 0 Å². The summed E-state index contributed by atoms with van der Waals surface area (Å²) in [5, 5.41) is 6.34. The van der Waals surface area contributed by atoms with Crippen LogP contribution in [-0.4, -0.2) is 6.54 Å². The summed E-state index contributed by atoms with van der Waals surface area (Å²) in [5.41, 5.74) is 19.9. The van der Waals surface area contributed by atoms with Crippen LogP contribution in [-0.2, 0) is 6.42 Å². The van der Waals surface area contributed by atoms with Gasteiger partial charge in [-0.25, -0.2) is 0 Å². The van der Waals surface area contributed by atoms with Crippen LogP contribution in [0.1, 0.15) is 42.4 Å². The molecule has 0 amide bonds. The zero-order valence-corrected chi connectivity index (χ0v) is 23.3. The van der Waals surface area contributed by atoms with Gasteiger partial charge in [-0.15, -0.1) is 0 Å². The van der Waals surface area contributed by atoms with Gasteiger partial charge in [0.2, 0.25) is 0 Å². The molecule has 0 spiro atoms. The zero-order valence-electron chi connectivity index (χ0n) is 23.3. The van der Waals surface area contributed by atoms with Crippen molar-refractivity contribution in [2.75, 3.05) is 11.9 Å². The Morgan fingerprint density at radius 1 is 0.585 bits per heavy atom. The summed E-state index contributed by atoms with van der Waals surface area (Å²) in [7, 11) is 0. The van der Waals surface area contributed by atoms with Crippen molar-refractivity contribution >= 4 is 16.5 Å². The maximum Gasteiger partial charge on any atom is 0.0420 e. The van der Waals surface area contributed by atoms with Crippen LogP contribution in [0.2, 0.25) is 0 Å². The first-order valence-corrected chi connectivity index (χ1v) is 15.1. The van der Waals surface area contributed by atoms with Gasteiger partial charge < -0.3 is 5.32 Å². The molecule has 1 N–H and O–H groups in total. The Morgan fingerprint density at radius 3 is 2.05 bits per heavy atom. The molecule has 0 saturated heterocycles. The third-order valence-electron chi connectivity index (χ3n) is 9.71. The van der Waals surface area contributed by atoms with E-state index in [2.05, 4.69) is 121 Å². The third kappa shape index (κ3) is 3.07. The number of benzene rings is 6.